The first-order valence-corrected chi connectivity index (χ1v) is 8.03. The van der Waals surface area contributed by atoms with Crippen molar-refractivity contribution in [3.63, 3.8) is 0 Å². The van der Waals surface area contributed by atoms with E-state index in [-0.39, 0.29) is 5.91 Å². The minimum absolute atomic E-state index is 0.00459. The lowest BCUT2D eigenvalue weighted by Gasteiger charge is -2.23. The molecule has 0 atom stereocenters. The summed E-state index contributed by atoms with van der Waals surface area (Å²) >= 11 is 0. The largest absolute Gasteiger partial charge is 0.497 e. The van der Waals surface area contributed by atoms with Crippen molar-refractivity contribution in [2.45, 2.75) is 13.5 Å². The van der Waals surface area contributed by atoms with Gasteiger partial charge in [0.15, 0.2) is 11.5 Å². The van der Waals surface area contributed by atoms with Gasteiger partial charge in [0.1, 0.15) is 19.0 Å². The minimum Gasteiger partial charge on any atom is -0.497 e. The second-order valence-electron chi connectivity index (χ2n) is 5.53. The molecule has 0 N–H and O–H groups in total. The summed E-state index contributed by atoms with van der Waals surface area (Å²) in [5.74, 6) is 2.23. The summed E-state index contributed by atoms with van der Waals surface area (Å²) in [5, 5.41) is 0. The predicted octanol–water partition coefficient (Wildman–Crippen LogP) is 3.13. The summed E-state index contributed by atoms with van der Waals surface area (Å²) in [5.41, 5.74) is 1.66. The molecule has 1 heterocycles. The van der Waals surface area contributed by atoms with Crippen LogP contribution in [0.5, 0.6) is 17.2 Å². The van der Waals surface area contributed by atoms with Crippen LogP contribution >= 0.6 is 0 Å². The summed E-state index contributed by atoms with van der Waals surface area (Å²) in [4.78, 5) is 14.5. The molecule has 0 fully saturated rings. The van der Waals surface area contributed by atoms with Gasteiger partial charge in [-0.1, -0.05) is 6.07 Å². The van der Waals surface area contributed by atoms with Gasteiger partial charge in [-0.05, 0) is 48.9 Å². The Kier molecular flexibility index (Phi) is 4.89. The van der Waals surface area contributed by atoms with Gasteiger partial charge in [0.25, 0.3) is 5.91 Å². The van der Waals surface area contributed by atoms with Crippen molar-refractivity contribution >= 4 is 5.91 Å². The van der Waals surface area contributed by atoms with Crippen LogP contribution in [0.4, 0.5) is 0 Å². The number of rotatable bonds is 5. The molecule has 5 heteroatoms. The fraction of sp³-hybridized carbons (Fsp3) is 0.316. The first-order valence-electron chi connectivity index (χ1n) is 8.03. The van der Waals surface area contributed by atoms with Crippen molar-refractivity contribution in [3.8, 4) is 17.2 Å². The van der Waals surface area contributed by atoms with E-state index in [4.69, 9.17) is 14.2 Å². The Morgan fingerprint density at radius 1 is 1.08 bits per heavy atom. The van der Waals surface area contributed by atoms with Gasteiger partial charge in [0.2, 0.25) is 0 Å². The van der Waals surface area contributed by atoms with Gasteiger partial charge < -0.3 is 19.1 Å². The fourth-order valence-corrected chi connectivity index (χ4v) is 2.65. The molecular formula is C19H21NO4. The first kappa shape index (κ1) is 16.2. The second-order valence-corrected chi connectivity index (χ2v) is 5.53. The monoisotopic (exact) mass is 327 g/mol. The number of amides is 1. The predicted molar refractivity (Wildman–Crippen MR) is 90.8 cm³/mol. The van der Waals surface area contributed by atoms with E-state index in [9.17, 15) is 4.79 Å². The van der Waals surface area contributed by atoms with Crippen molar-refractivity contribution in [2.24, 2.45) is 0 Å². The molecule has 0 aliphatic carbocycles. The average molecular weight is 327 g/mol. The van der Waals surface area contributed by atoms with Gasteiger partial charge in [-0.15, -0.1) is 0 Å². The van der Waals surface area contributed by atoms with Gasteiger partial charge in [0, 0.05) is 18.7 Å². The van der Waals surface area contributed by atoms with Gasteiger partial charge in [-0.25, -0.2) is 0 Å². The van der Waals surface area contributed by atoms with Gasteiger partial charge >= 0.3 is 0 Å². The molecule has 1 aliphatic rings. The highest BCUT2D eigenvalue weighted by atomic mass is 16.6. The van der Waals surface area contributed by atoms with E-state index in [0.29, 0.717) is 31.9 Å². The average Bonchev–Trinajstić information content (AvgIpc) is 2.65. The number of benzene rings is 2. The third-order valence-corrected chi connectivity index (χ3v) is 3.99. The van der Waals surface area contributed by atoms with Crippen LogP contribution in [0.25, 0.3) is 0 Å². The molecule has 24 heavy (non-hydrogen) atoms. The molecule has 5 nitrogen and oxygen atoms in total. The molecule has 1 amide bonds. The molecule has 2 aromatic carbocycles. The van der Waals surface area contributed by atoms with E-state index < -0.39 is 0 Å². The molecule has 1 aliphatic heterocycles. The Bertz CT molecular complexity index is 712. The molecule has 0 saturated heterocycles. The van der Waals surface area contributed by atoms with Crippen LogP contribution in [0.2, 0.25) is 0 Å². The molecule has 0 unspecified atom stereocenters. The fourth-order valence-electron chi connectivity index (χ4n) is 2.65. The maximum atomic E-state index is 12.7. The SMILES string of the molecule is CCN(Cc1ccc2c(c1)OCCO2)C(=O)c1ccc(OC)cc1. The smallest absolute Gasteiger partial charge is 0.254 e. The Morgan fingerprint density at radius 2 is 1.79 bits per heavy atom. The van der Waals surface area contributed by atoms with Crippen molar-refractivity contribution in [1.82, 2.24) is 4.90 Å². The van der Waals surface area contributed by atoms with Crippen LogP contribution < -0.4 is 14.2 Å². The Labute approximate surface area is 141 Å². The number of fused-ring (bicyclic) bond motifs is 1. The standard InChI is InChI=1S/C19H21NO4/c1-3-20(19(21)15-5-7-16(22-2)8-6-15)13-14-4-9-17-18(12-14)24-11-10-23-17/h4-9,12H,3,10-11,13H2,1-2H3. The van der Waals surface area contributed by atoms with Gasteiger partial charge in [-0.2, -0.15) is 0 Å². The second kappa shape index (κ2) is 7.25. The molecular weight excluding hydrogens is 306 g/mol. The quantitative estimate of drug-likeness (QED) is 0.846. The van der Waals surface area contributed by atoms with Crippen LogP contribution in [0.15, 0.2) is 42.5 Å². The molecule has 0 saturated carbocycles. The number of nitrogens with zero attached hydrogens (tertiary/aromatic N) is 1. The number of methoxy groups -OCH3 is 1. The molecule has 0 aromatic heterocycles. The van der Waals surface area contributed by atoms with Gasteiger partial charge in [-0.3, -0.25) is 4.79 Å². The van der Waals surface area contributed by atoms with Crippen LogP contribution in [0.1, 0.15) is 22.8 Å². The lowest BCUT2D eigenvalue weighted by Crippen LogP contribution is -2.30. The summed E-state index contributed by atoms with van der Waals surface area (Å²) in [6.45, 7) is 4.25. The van der Waals surface area contributed by atoms with Crippen molar-refractivity contribution < 1.29 is 19.0 Å². The molecule has 3 rings (SSSR count). The summed E-state index contributed by atoms with van der Waals surface area (Å²) in [7, 11) is 1.61. The first-order chi connectivity index (χ1) is 11.7. The summed E-state index contributed by atoms with van der Waals surface area (Å²) < 4.78 is 16.3. The molecule has 0 bridgehead atoms. The Hall–Kier alpha value is -2.69. The minimum atomic E-state index is -0.00459. The lowest BCUT2D eigenvalue weighted by molar-refractivity contribution is 0.0752. The number of carbonyl (C=O) groups is 1. The van der Waals surface area contributed by atoms with Crippen LogP contribution in [0.3, 0.4) is 0 Å². The Balaban J connectivity index is 1.74. The highest BCUT2D eigenvalue weighted by Gasteiger charge is 2.17. The van der Waals surface area contributed by atoms with E-state index in [1.165, 1.54) is 0 Å². The van der Waals surface area contributed by atoms with Crippen LogP contribution in [0, 0.1) is 0 Å². The zero-order valence-corrected chi connectivity index (χ0v) is 14.0. The number of ether oxygens (including phenoxy) is 3. The lowest BCUT2D eigenvalue weighted by atomic mass is 10.1. The maximum absolute atomic E-state index is 12.7. The topological polar surface area (TPSA) is 48.0 Å². The van der Waals surface area contributed by atoms with Crippen LogP contribution in [-0.2, 0) is 6.54 Å². The van der Waals surface area contributed by atoms with E-state index in [0.717, 1.165) is 22.8 Å². The molecule has 2 aromatic rings. The van der Waals surface area contributed by atoms with E-state index in [1.807, 2.05) is 25.1 Å². The zero-order chi connectivity index (χ0) is 16.9. The normalized spacial score (nSPS) is 12.6. The third-order valence-electron chi connectivity index (χ3n) is 3.99. The Morgan fingerprint density at radius 3 is 2.46 bits per heavy atom. The summed E-state index contributed by atoms with van der Waals surface area (Å²) in [6, 6.07) is 13.0. The van der Waals surface area contributed by atoms with E-state index in [1.54, 1.807) is 36.3 Å². The van der Waals surface area contributed by atoms with Gasteiger partial charge in [0.05, 0.1) is 7.11 Å². The molecule has 0 spiro atoms. The van der Waals surface area contributed by atoms with Crippen LogP contribution in [-0.4, -0.2) is 37.7 Å². The highest BCUT2D eigenvalue weighted by molar-refractivity contribution is 5.94. The molecule has 126 valence electrons. The zero-order valence-electron chi connectivity index (χ0n) is 14.0. The number of carbonyl (C=O) groups excluding carboxylic acids is 1. The number of hydrogen-bond acceptors (Lipinski definition) is 4. The summed E-state index contributed by atoms with van der Waals surface area (Å²) in [6.07, 6.45) is 0. The van der Waals surface area contributed by atoms with Crippen molar-refractivity contribution in [2.75, 3.05) is 26.9 Å². The number of hydrogen-bond donors (Lipinski definition) is 0. The third kappa shape index (κ3) is 3.45. The van der Waals surface area contributed by atoms with E-state index >= 15 is 0 Å². The highest BCUT2D eigenvalue weighted by Crippen LogP contribution is 2.31. The maximum Gasteiger partial charge on any atom is 0.254 e. The van der Waals surface area contributed by atoms with Crippen molar-refractivity contribution in [1.29, 1.82) is 0 Å². The molecule has 0 radical (unpaired) electrons. The van der Waals surface area contributed by atoms with E-state index in [2.05, 4.69) is 0 Å². The van der Waals surface area contributed by atoms with Crippen molar-refractivity contribution in [3.05, 3.63) is 53.6 Å².